The highest BCUT2D eigenvalue weighted by molar-refractivity contribution is 5.69. The molecule has 0 saturated heterocycles. The minimum Gasteiger partial charge on any atom is -0.495 e. The van der Waals surface area contributed by atoms with Gasteiger partial charge in [-0.05, 0) is 49.6 Å². The number of aromatic nitrogens is 5. The van der Waals surface area contributed by atoms with E-state index in [-0.39, 0.29) is 11.1 Å². The van der Waals surface area contributed by atoms with Crippen LogP contribution in [0.2, 0.25) is 0 Å². The number of imidazole rings is 1. The highest BCUT2D eigenvalue weighted by Gasteiger charge is 2.37. The number of hydrogen-bond acceptors (Lipinski definition) is 4. The van der Waals surface area contributed by atoms with E-state index in [9.17, 15) is 17.6 Å². The van der Waals surface area contributed by atoms with Crippen LogP contribution in [0.1, 0.15) is 52.8 Å². The highest BCUT2D eigenvalue weighted by Crippen LogP contribution is 2.40. The number of benzene rings is 2. The Hall–Kier alpha value is -3.95. The van der Waals surface area contributed by atoms with Crippen LogP contribution in [0.3, 0.4) is 0 Å². The number of methoxy groups -OCH3 is 1. The van der Waals surface area contributed by atoms with Crippen molar-refractivity contribution in [1.29, 1.82) is 0 Å². The smallest absolute Gasteiger partial charge is 0.416 e. The molecule has 0 radical (unpaired) electrons. The second kappa shape index (κ2) is 9.25. The number of aryl methyl sites for hydroxylation is 2. The lowest BCUT2D eigenvalue weighted by molar-refractivity contribution is -0.138. The van der Waals surface area contributed by atoms with E-state index in [0.29, 0.717) is 42.5 Å². The molecule has 0 aliphatic carbocycles. The minimum atomic E-state index is -4.46. The summed E-state index contributed by atoms with van der Waals surface area (Å²) in [5.74, 6) is 0.222. The summed E-state index contributed by atoms with van der Waals surface area (Å²) in [7, 11) is 1.50. The quantitative estimate of drug-likeness (QED) is 0.316. The van der Waals surface area contributed by atoms with Gasteiger partial charge in [-0.3, -0.25) is 0 Å². The van der Waals surface area contributed by atoms with Crippen LogP contribution >= 0.6 is 0 Å². The zero-order valence-corrected chi connectivity index (χ0v) is 19.6. The van der Waals surface area contributed by atoms with Gasteiger partial charge in [0.25, 0.3) is 0 Å². The van der Waals surface area contributed by atoms with Gasteiger partial charge in [-0.25, -0.2) is 19.0 Å². The van der Waals surface area contributed by atoms with E-state index in [4.69, 9.17) is 4.74 Å². The van der Waals surface area contributed by atoms with Crippen molar-refractivity contribution in [3.05, 3.63) is 88.8 Å². The Bertz CT molecular complexity index is 1440. The van der Waals surface area contributed by atoms with E-state index in [1.54, 1.807) is 40.0 Å². The first-order chi connectivity index (χ1) is 17.2. The molecule has 2 aromatic heterocycles. The zero-order valence-electron chi connectivity index (χ0n) is 19.6. The van der Waals surface area contributed by atoms with Crippen LogP contribution < -0.4 is 4.74 Å². The summed E-state index contributed by atoms with van der Waals surface area (Å²) in [6.07, 6.45) is 3.18. The molecule has 1 atom stereocenters. The largest absolute Gasteiger partial charge is 0.495 e. The summed E-state index contributed by atoms with van der Waals surface area (Å²) in [5.41, 5.74) is 1.09. The van der Waals surface area contributed by atoms with Gasteiger partial charge in [0.15, 0.2) is 5.82 Å². The summed E-state index contributed by atoms with van der Waals surface area (Å²) >= 11 is 0. The summed E-state index contributed by atoms with van der Waals surface area (Å²) in [5, 5.41) is 4.45. The van der Waals surface area contributed by atoms with Crippen molar-refractivity contribution in [3.63, 3.8) is 0 Å². The molecule has 0 saturated carbocycles. The lowest BCUT2D eigenvalue weighted by Gasteiger charge is -2.25. The lowest BCUT2D eigenvalue weighted by Crippen LogP contribution is -2.21. The van der Waals surface area contributed by atoms with E-state index in [1.165, 1.54) is 31.4 Å². The van der Waals surface area contributed by atoms with Crippen LogP contribution in [-0.2, 0) is 12.7 Å². The van der Waals surface area contributed by atoms with Gasteiger partial charge in [-0.1, -0.05) is 18.2 Å². The average Bonchev–Trinajstić information content (AvgIpc) is 3.48. The molecule has 1 aliphatic heterocycles. The fraction of sp³-hybridized carbons (Fsp3) is 0.269. The number of halogens is 4. The van der Waals surface area contributed by atoms with Crippen molar-refractivity contribution < 1.29 is 22.3 Å². The number of ether oxygens (including phenoxy) is 1. The van der Waals surface area contributed by atoms with Crippen molar-refractivity contribution in [2.24, 2.45) is 0 Å². The Balaban J connectivity index is 1.46. The second-order valence-corrected chi connectivity index (χ2v) is 8.63. The van der Waals surface area contributed by atoms with E-state index in [0.717, 1.165) is 11.8 Å². The van der Waals surface area contributed by atoms with E-state index in [2.05, 4.69) is 15.1 Å². The molecule has 0 spiro atoms. The Morgan fingerprint density at radius 3 is 2.67 bits per heavy atom. The van der Waals surface area contributed by atoms with Crippen LogP contribution in [0.4, 0.5) is 17.6 Å². The van der Waals surface area contributed by atoms with E-state index >= 15 is 0 Å². The lowest BCUT2D eigenvalue weighted by atomic mass is 9.88. The van der Waals surface area contributed by atoms with Gasteiger partial charge in [-0.2, -0.15) is 18.3 Å². The van der Waals surface area contributed by atoms with Crippen molar-refractivity contribution in [3.8, 4) is 11.4 Å². The second-order valence-electron chi connectivity index (χ2n) is 8.63. The molecule has 36 heavy (non-hydrogen) atoms. The molecule has 186 valence electrons. The normalized spacial score (nSPS) is 15.9. The Morgan fingerprint density at radius 2 is 1.94 bits per heavy atom. The summed E-state index contributed by atoms with van der Waals surface area (Å²) in [6.45, 7) is 2.39. The number of alkyl halides is 3. The topological polar surface area (TPSA) is 57.8 Å². The first kappa shape index (κ1) is 23.8. The average molecular weight is 497 g/mol. The first-order valence-electron chi connectivity index (χ1n) is 11.4. The molecule has 6 nitrogen and oxygen atoms in total. The predicted octanol–water partition coefficient (Wildman–Crippen LogP) is 6.03. The van der Waals surface area contributed by atoms with Gasteiger partial charge >= 0.3 is 6.18 Å². The Morgan fingerprint density at radius 1 is 1.14 bits per heavy atom. The molecule has 10 heteroatoms. The fourth-order valence-electron chi connectivity index (χ4n) is 4.56. The van der Waals surface area contributed by atoms with Crippen LogP contribution in [0, 0.1) is 12.7 Å². The van der Waals surface area contributed by atoms with Gasteiger partial charge in [0.05, 0.1) is 30.4 Å². The Labute approximate surface area is 204 Å². The van der Waals surface area contributed by atoms with Crippen molar-refractivity contribution in [2.45, 2.75) is 38.4 Å². The van der Waals surface area contributed by atoms with Crippen molar-refractivity contribution in [2.75, 3.05) is 7.11 Å². The van der Waals surface area contributed by atoms with Crippen molar-refractivity contribution >= 4 is 12.2 Å². The van der Waals surface area contributed by atoms with Crippen LogP contribution in [0.25, 0.3) is 17.8 Å². The van der Waals surface area contributed by atoms with E-state index in [1.807, 2.05) is 6.92 Å². The molecule has 0 fully saturated rings. The van der Waals surface area contributed by atoms with E-state index < -0.39 is 23.5 Å². The summed E-state index contributed by atoms with van der Waals surface area (Å²) in [6, 6.07) is 8.50. The number of nitrogens with zero attached hydrogens (tertiary/aromatic N) is 5. The maximum atomic E-state index is 14.9. The SMILES string of the molecule is COc1cc(C=Cc2nc3n(n2)CCCC3c2ccccc2C(F)(F)F)c(F)cc1-n1cnc(C)c1. The minimum absolute atomic E-state index is 0.190. The first-order valence-corrected chi connectivity index (χ1v) is 11.4. The number of fused-ring (bicyclic) bond motifs is 1. The highest BCUT2D eigenvalue weighted by atomic mass is 19.4. The molecule has 0 amide bonds. The number of rotatable bonds is 5. The van der Waals surface area contributed by atoms with Gasteiger partial charge in [0.1, 0.15) is 17.4 Å². The third kappa shape index (κ3) is 4.50. The van der Waals surface area contributed by atoms with Gasteiger partial charge in [0, 0.05) is 30.3 Å². The third-order valence-electron chi connectivity index (χ3n) is 6.23. The maximum Gasteiger partial charge on any atom is 0.416 e. The molecular weight excluding hydrogens is 474 g/mol. The molecule has 1 unspecified atom stereocenters. The van der Waals surface area contributed by atoms with Crippen LogP contribution in [0.15, 0.2) is 48.9 Å². The fourth-order valence-corrected chi connectivity index (χ4v) is 4.56. The number of hydrogen-bond donors (Lipinski definition) is 0. The molecule has 1 aliphatic rings. The predicted molar refractivity (Wildman–Crippen MR) is 126 cm³/mol. The molecule has 3 heterocycles. The van der Waals surface area contributed by atoms with Gasteiger partial charge < -0.3 is 9.30 Å². The molecular formula is C26H23F4N5O. The molecule has 2 aromatic carbocycles. The maximum absolute atomic E-state index is 14.9. The van der Waals surface area contributed by atoms with Crippen LogP contribution in [-0.4, -0.2) is 31.4 Å². The van der Waals surface area contributed by atoms with Gasteiger partial charge in [-0.15, -0.1) is 0 Å². The molecule has 0 bridgehead atoms. The van der Waals surface area contributed by atoms with Crippen molar-refractivity contribution in [1.82, 2.24) is 24.3 Å². The molecule has 5 rings (SSSR count). The Kier molecular flexibility index (Phi) is 6.11. The van der Waals surface area contributed by atoms with Gasteiger partial charge in [0.2, 0.25) is 0 Å². The van der Waals surface area contributed by atoms with Crippen LogP contribution in [0.5, 0.6) is 5.75 Å². The summed E-state index contributed by atoms with van der Waals surface area (Å²) in [4.78, 5) is 8.68. The summed E-state index contributed by atoms with van der Waals surface area (Å²) < 4.78 is 64.6. The molecule has 4 aromatic rings. The third-order valence-corrected chi connectivity index (χ3v) is 6.23. The molecule has 0 N–H and O–H groups in total. The zero-order chi connectivity index (χ0) is 25.4. The standard InChI is InChI=1S/C26H23F4N5O/c1-16-14-34(15-31-16)22-13-21(27)17(12-23(22)36-2)9-10-24-32-25-19(7-5-11-35(25)33-24)18-6-3-4-8-20(18)26(28,29)30/h3-4,6,8-10,12-15,19H,5,7,11H2,1-2H3. The monoisotopic (exact) mass is 497 g/mol.